The van der Waals surface area contributed by atoms with Crippen LogP contribution in [0.1, 0.15) is 53.8 Å². The first-order valence-electron chi connectivity index (χ1n) is 12.0. The van der Waals surface area contributed by atoms with E-state index in [4.69, 9.17) is 4.74 Å². The Hall–Kier alpha value is -4.26. The van der Waals surface area contributed by atoms with Crippen LogP contribution >= 0.6 is 0 Å². The summed E-state index contributed by atoms with van der Waals surface area (Å²) in [6.07, 6.45) is 0.694. The number of esters is 1. The van der Waals surface area contributed by atoms with E-state index in [0.29, 0.717) is 23.7 Å². The van der Waals surface area contributed by atoms with E-state index in [9.17, 15) is 14.4 Å². The summed E-state index contributed by atoms with van der Waals surface area (Å²) in [7, 11) is 0. The van der Waals surface area contributed by atoms with Gasteiger partial charge >= 0.3 is 5.97 Å². The molecule has 184 valence electrons. The second-order valence-electron chi connectivity index (χ2n) is 8.83. The fraction of sp³-hybridized carbons (Fsp3) is 0.241. The first-order chi connectivity index (χ1) is 17.5. The molecule has 7 nitrogen and oxygen atoms in total. The first-order valence-corrected chi connectivity index (χ1v) is 12.0. The molecule has 1 heterocycles. The Balaban J connectivity index is 1.39. The molecule has 0 fully saturated rings. The third-order valence-electron chi connectivity index (χ3n) is 6.00. The molecular weight excluding hydrogens is 454 g/mol. The van der Waals surface area contributed by atoms with Crippen LogP contribution in [0.15, 0.2) is 89.7 Å². The fourth-order valence-corrected chi connectivity index (χ4v) is 4.21. The monoisotopic (exact) mass is 483 g/mol. The molecule has 0 unspecified atom stereocenters. The largest absolute Gasteiger partial charge is 0.451 e. The van der Waals surface area contributed by atoms with Crippen molar-refractivity contribution in [1.29, 1.82) is 0 Å². The number of nitrogens with zero attached hydrogens (tertiary/aromatic N) is 2. The highest BCUT2D eigenvalue weighted by Crippen LogP contribution is 2.27. The van der Waals surface area contributed by atoms with Crippen molar-refractivity contribution in [2.45, 2.75) is 32.2 Å². The number of aromatic nitrogens is 2. The van der Waals surface area contributed by atoms with Crippen molar-refractivity contribution in [2.24, 2.45) is 0 Å². The molecule has 7 heteroatoms. The van der Waals surface area contributed by atoms with Gasteiger partial charge in [-0.05, 0) is 37.5 Å². The Morgan fingerprint density at radius 1 is 0.861 bits per heavy atom. The van der Waals surface area contributed by atoms with Crippen LogP contribution in [0, 0.1) is 0 Å². The molecule has 1 aromatic heterocycles. The van der Waals surface area contributed by atoms with Crippen LogP contribution in [0.3, 0.4) is 0 Å². The molecule has 1 amide bonds. The van der Waals surface area contributed by atoms with E-state index in [1.807, 2.05) is 50.2 Å². The number of fused-ring (bicyclic) bond motifs is 1. The zero-order chi connectivity index (χ0) is 25.5. The number of carbonyl (C=O) groups is 2. The molecule has 0 spiro atoms. The molecule has 0 atom stereocenters. The second kappa shape index (κ2) is 11.4. The molecule has 0 bridgehead atoms. The quantitative estimate of drug-likeness (QED) is 0.355. The minimum absolute atomic E-state index is 0.0138. The molecule has 0 aliphatic carbocycles. The van der Waals surface area contributed by atoms with Crippen LogP contribution in [0.2, 0.25) is 0 Å². The average molecular weight is 484 g/mol. The van der Waals surface area contributed by atoms with Gasteiger partial charge in [0.15, 0.2) is 12.3 Å². The van der Waals surface area contributed by atoms with E-state index < -0.39 is 18.5 Å². The van der Waals surface area contributed by atoms with Crippen LogP contribution in [0.4, 0.5) is 0 Å². The summed E-state index contributed by atoms with van der Waals surface area (Å²) in [6, 6.07) is 26.8. The molecule has 36 heavy (non-hydrogen) atoms. The van der Waals surface area contributed by atoms with Gasteiger partial charge in [0.05, 0.1) is 11.4 Å². The van der Waals surface area contributed by atoms with Crippen LogP contribution in [-0.4, -0.2) is 34.8 Å². The summed E-state index contributed by atoms with van der Waals surface area (Å²) in [5.74, 6) is -1.02. The van der Waals surface area contributed by atoms with Crippen molar-refractivity contribution >= 4 is 22.6 Å². The summed E-state index contributed by atoms with van der Waals surface area (Å²) in [5, 5.41) is 7.85. The number of nitrogens with one attached hydrogen (secondary N) is 1. The third kappa shape index (κ3) is 5.68. The third-order valence-corrected chi connectivity index (χ3v) is 6.00. The summed E-state index contributed by atoms with van der Waals surface area (Å²) in [4.78, 5) is 38.0. The van der Waals surface area contributed by atoms with E-state index in [-0.39, 0.29) is 23.2 Å². The minimum Gasteiger partial charge on any atom is -0.451 e. The lowest BCUT2D eigenvalue weighted by molar-refractivity contribution is -0.124. The zero-order valence-electron chi connectivity index (χ0n) is 20.4. The number of hydrogen-bond donors (Lipinski definition) is 1. The fourth-order valence-electron chi connectivity index (χ4n) is 4.21. The highest BCUT2D eigenvalue weighted by Gasteiger charge is 2.20. The van der Waals surface area contributed by atoms with Gasteiger partial charge in [-0.3, -0.25) is 9.59 Å². The van der Waals surface area contributed by atoms with E-state index in [1.165, 1.54) is 15.8 Å². The molecule has 3 aromatic carbocycles. The predicted molar refractivity (Wildman–Crippen MR) is 139 cm³/mol. The van der Waals surface area contributed by atoms with Crippen molar-refractivity contribution in [3.05, 3.63) is 112 Å². The summed E-state index contributed by atoms with van der Waals surface area (Å²) >= 11 is 0. The van der Waals surface area contributed by atoms with Gasteiger partial charge in [0.1, 0.15) is 0 Å². The smallest absolute Gasteiger partial charge is 0.359 e. The number of ether oxygens (including phenoxy) is 1. The highest BCUT2D eigenvalue weighted by molar-refractivity contribution is 6.02. The van der Waals surface area contributed by atoms with Crippen LogP contribution in [0.5, 0.6) is 0 Å². The van der Waals surface area contributed by atoms with Gasteiger partial charge in [-0.1, -0.05) is 78.9 Å². The molecule has 1 N–H and O–H groups in total. The van der Waals surface area contributed by atoms with E-state index in [2.05, 4.69) is 34.7 Å². The maximum atomic E-state index is 12.8. The van der Waals surface area contributed by atoms with Gasteiger partial charge in [-0.25, -0.2) is 9.48 Å². The Bertz CT molecular complexity index is 1360. The number of amides is 1. The molecular formula is C29H29N3O4. The molecule has 0 saturated heterocycles. The highest BCUT2D eigenvalue weighted by atomic mass is 16.5. The number of rotatable bonds is 9. The van der Waals surface area contributed by atoms with Gasteiger partial charge in [-0.2, -0.15) is 5.10 Å². The maximum absolute atomic E-state index is 12.8. The lowest BCUT2D eigenvalue weighted by Gasteiger charge is -2.18. The van der Waals surface area contributed by atoms with Gasteiger partial charge in [-0.15, -0.1) is 0 Å². The zero-order valence-corrected chi connectivity index (χ0v) is 20.4. The van der Waals surface area contributed by atoms with Crippen molar-refractivity contribution in [1.82, 2.24) is 15.1 Å². The van der Waals surface area contributed by atoms with Crippen molar-refractivity contribution in [3.63, 3.8) is 0 Å². The van der Waals surface area contributed by atoms with E-state index in [1.54, 1.807) is 24.3 Å². The minimum atomic E-state index is -0.748. The summed E-state index contributed by atoms with van der Waals surface area (Å²) in [6.45, 7) is 3.61. The van der Waals surface area contributed by atoms with Crippen LogP contribution in [-0.2, 0) is 9.53 Å². The Kier molecular flexibility index (Phi) is 7.90. The van der Waals surface area contributed by atoms with Crippen LogP contribution in [0.25, 0.3) is 10.8 Å². The normalized spacial score (nSPS) is 11.1. The molecule has 0 aliphatic heterocycles. The number of hydrogen-bond acceptors (Lipinski definition) is 5. The lowest BCUT2D eigenvalue weighted by Crippen LogP contribution is -2.31. The van der Waals surface area contributed by atoms with Crippen molar-refractivity contribution in [2.75, 3.05) is 13.2 Å². The standard InChI is InChI=1S/C29H29N3O4/c1-20(2)32-28(34)25-16-10-9-15-24(25)27(31-32)29(35)36-19-26(33)30-18-17-23(21-11-5-3-6-12-21)22-13-7-4-8-14-22/h3-16,20,23H,17-19H2,1-2H3,(H,30,33). The number of carbonyl (C=O) groups excluding carboxylic acids is 2. The van der Waals surface area contributed by atoms with Crippen LogP contribution < -0.4 is 10.9 Å². The lowest BCUT2D eigenvalue weighted by atomic mass is 9.88. The van der Waals surface area contributed by atoms with Crippen molar-refractivity contribution in [3.8, 4) is 0 Å². The van der Waals surface area contributed by atoms with Crippen molar-refractivity contribution < 1.29 is 14.3 Å². The molecule has 0 saturated carbocycles. The maximum Gasteiger partial charge on any atom is 0.359 e. The van der Waals surface area contributed by atoms with Gasteiger partial charge in [0.25, 0.3) is 11.5 Å². The Labute approximate surface area is 209 Å². The topological polar surface area (TPSA) is 90.3 Å². The number of benzene rings is 3. The first kappa shape index (κ1) is 24.9. The Morgan fingerprint density at radius 3 is 2.00 bits per heavy atom. The van der Waals surface area contributed by atoms with E-state index >= 15 is 0 Å². The summed E-state index contributed by atoms with van der Waals surface area (Å²) in [5.41, 5.74) is 2.08. The summed E-state index contributed by atoms with van der Waals surface area (Å²) < 4.78 is 6.53. The molecule has 0 aliphatic rings. The Morgan fingerprint density at radius 2 is 1.42 bits per heavy atom. The van der Waals surface area contributed by atoms with E-state index in [0.717, 1.165) is 0 Å². The predicted octanol–water partition coefficient (Wildman–Crippen LogP) is 4.47. The molecule has 0 radical (unpaired) electrons. The van der Waals surface area contributed by atoms with Gasteiger partial charge in [0.2, 0.25) is 0 Å². The van der Waals surface area contributed by atoms with Gasteiger partial charge < -0.3 is 10.1 Å². The second-order valence-corrected chi connectivity index (χ2v) is 8.83. The molecule has 4 rings (SSSR count). The SMILES string of the molecule is CC(C)n1nc(C(=O)OCC(=O)NCCC(c2ccccc2)c2ccccc2)c2ccccc2c1=O. The molecule has 4 aromatic rings. The average Bonchev–Trinajstić information content (AvgIpc) is 2.91. The van der Waals surface area contributed by atoms with Gasteiger partial charge in [0, 0.05) is 17.8 Å².